The molecular formula is C16H22N4O3. The van der Waals surface area contributed by atoms with Gasteiger partial charge in [-0.25, -0.2) is 9.78 Å². The van der Waals surface area contributed by atoms with Gasteiger partial charge in [-0.15, -0.1) is 0 Å². The molecule has 2 amide bonds. The first kappa shape index (κ1) is 16.7. The number of hydrogen-bond donors (Lipinski definition) is 2. The van der Waals surface area contributed by atoms with E-state index in [1.165, 1.54) is 0 Å². The summed E-state index contributed by atoms with van der Waals surface area (Å²) in [7, 11) is 3.20. The molecule has 0 radical (unpaired) electrons. The van der Waals surface area contributed by atoms with Crippen molar-refractivity contribution < 1.29 is 14.3 Å². The molecule has 1 heterocycles. The molecule has 7 nitrogen and oxygen atoms in total. The Kier molecular flexibility index (Phi) is 5.85. The highest BCUT2D eigenvalue weighted by molar-refractivity contribution is 5.74. The Morgan fingerprint density at radius 3 is 2.83 bits per heavy atom. The zero-order chi connectivity index (χ0) is 16.7. The maximum absolute atomic E-state index is 12.0. The molecular weight excluding hydrogens is 296 g/mol. The van der Waals surface area contributed by atoms with Crippen molar-refractivity contribution in [2.24, 2.45) is 0 Å². The summed E-state index contributed by atoms with van der Waals surface area (Å²) < 4.78 is 12.4. The Morgan fingerprint density at radius 2 is 2.17 bits per heavy atom. The number of carbonyl (C=O) groups is 1. The van der Waals surface area contributed by atoms with E-state index < -0.39 is 0 Å². The van der Waals surface area contributed by atoms with Gasteiger partial charge in [0, 0.05) is 37.1 Å². The lowest BCUT2D eigenvalue weighted by Crippen LogP contribution is -2.42. The van der Waals surface area contributed by atoms with Crippen molar-refractivity contribution in [3.8, 4) is 11.5 Å². The van der Waals surface area contributed by atoms with Crippen molar-refractivity contribution in [3.63, 3.8) is 0 Å². The van der Waals surface area contributed by atoms with Gasteiger partial charge in [0.15, 0.2) is 0 Å². The molecule has 2 aromatic rings. The van der Waals surface area contributed by atoms with Gasteiger partial charge in [-0.2, -0.15) is 0 Å². The first-order chi connectivity index (χ1) is 11.1. The SMILES string of the molecule is COc1ccc(OC)c(CNC(=O)N[C@H](C)Cn2ccnc2)c1. The standard InChI is InChI=1S/C16H22N4O3/c1-12(10-20-7-6-17-11-20)19-16(21)18-9-13-8-14(22-2)4-5-15(13)23-3/h4-8,11-12H,9-10H2,1-3H3,(H2,18,19,21)/t12-/m1/s1. The van der Waals surface area contributed by atoms with Gasteiger partial charge < -0.3 is 24.7 Å². The summed E-state index contributed by atoms with van der Waals surface area (Å²) in [6, 6.07) is 5.22. The van der Waals surface area contributed by atoms with Crippen molar-refractivity contribution in [2.75, 3.05) is 14.2 Å². The van der Waals surface area contributed by atoms with Crippen molar-refractivity contribution in [1.29, 1.82) is 0 Å². The molecule has 0 aliphatic rings. The molecule has 2 N–H and O–H groups in total. The van der Waals surface area contributed by atoms with Crippen LogP contribution in [-0.4, -0.2) is 35.8 Å². The fourth-order valence-corrected chi connectivity index (χ4v) is 2.23. The summed E-state index contributed by atoms with van der Waals surface area (Å²) in [6.07, 6.45) is 5.29. The summed E-state index contributed by atoms with van der Waals surface area (Å²) >= 11 is 0. The van der Waals surface area contributed by atoms with Gasteiger partial charge in [0.25, 0.3) is 0 Å². The van der Waals surface area contributed by atoms with Crippen LogP contribution in [0.2, 0.25) is 0 Å². The zero-order valence-corrected chi connectivity index (χ0v) is 13.6. The van der Waals surface area contributed by atoms with Crippen LogP contribution in [0.3, 0.4) is 0 Å². The number of hydrogen-bond acceptors (Lipinski definition) is 4. The molecule has 0 aliphatic heterocycles. The lowest BCUT2D eigenvalue weighted by atomic mass is 10.2. The Balaban J connectivity index is 1.86. The first-order valence-corrected chi connectivity index (χ1v) is 7.33. The van der Waals surface area contributed by atoms with Crippen LogP contribution < -0.4 is 20.1 Å². The van der Waals surface area contributed by atoms with Crippen LogP contribution in [0.15, 0.2) is 36.9 Å². The van der Waals surface area contributed by atoms with Crippen LogP contribution in [-0.2, 0) is 13.1 Å². The second kappa shape index (κ2) is 8.07. The van der Waals surface area contributed by atoms with Crippen LogP contribution in [0.5, 0.6) is 11.5 Å². The number of methoxy groups -OCH3 is 2. The molecule has 1 aromatic heterocycles. The highest BCUT2D eigenvalue weighted by Crippen LogP contribution is 2.23. The van der Waals surface area contributed by atoms with E-state index in [2.05, 4.69) is 15.6 Å². The highest BCUT2D eigenvalue weighted by Gasteiger charge is 2.10. The molecule has 0 bridgehead atoms. The Labute approximate surface area is 135 Å². The predicted molar refractivity (Wildman–Crippen MR) is 86.6 cm³/mol. The smallest absolute Gasteiger partial charge is 0.315 e. The minimum absolute atomic E-state index is 0.0172. The van der Waals surface area contributed by atoms with E-state index >= 15 is 0 Å². The van der Waals surface area contributed by atoms with E-state index in [0.717, 1.165) is 11.3 Å². The largest absolute Gasteiger partial charge is 0.497 e. The average molecular weight is 318 g/mol. The van der Waals surface area contributed by atoms with Gasteiger partial charge in [0.2, 0.25) is 0 Å². The number of ether oxygens (including phenoxy) is 2. The maximum Gasteiger partial charge on any atom is 0.315 e. The predicted octanol–water partition coefficient (Wildman–Crippen LogP) is 1.79. The fraction of sp³-hybridized carbons (Fsp3) is 0.375. The van der Waals surface area contributed by atoms with Crippen molar-refractivity contribution in [3.05, 3.63) is 42.5 Å². The lowest BCUT2D eigenvalue weighted by molar-refractivity contribution is 0.236. The Hall–Kier alpha value is -2.70. The molecule has 0 fully saturated rings. The minimum Gasteiger partial charge on any atom is -0.497 e. The molecule has 1 atom stereocenters. The van der Waals surface area contributed by atoms with Crippen molar-refractivity contribution in [2.45, 2.75) is 26.1 Å². The van der Waals surface area contributed by atoms with E-state index in [1.807, 2.05) is 35.9 Å². The number of imidazole rings is 1. The second-order valence-corrected chi connectivity index (χ2v) is 5.17. The van der Waals surface area contributed by atoms with Crippen molar-refractivity contribution in [1.82, 2.24) is 20.2 Å². The van der Waals surface area contributed by atoms with E-state index in [-0.39, 0.29) is 12.1 Å². The van der Waals surface area contributed by atoms with Crippen LogP contribution in [0, 0.1) is 0 Å². The van der Waals surface area contributed by atoms with Crippen LogP contribution in [0.4, 0.5) is 4.79 Å². The van der Waals surface area contributed by atoms with Crippen LogP contribution >= 0.6 is 0 Å². The Morgan fingerprint density at radius 1 is 1.35 bits per heavy atom. The molecule has 0 aliphatic carbocycles. The zero-order valence-electron chi connectivity index (χ0n) is 13.6. The minimum atomic E-state index is -0.234. The summed E-state index contributed by atoms with van der Waals surface area (Å²) in [6.45, 7) is 2.95. The maximum atomic E-state index is 12.0. The summed E-state index contributed by atoms with van der Waals surface area (Å²) in [5.41, 5.74) is 0.851. The number of aromatic nitrogens is 2. The average Bonchev–Trinajstić information content (AvgIpc) is 3.05. The van der Waals surface area contributed by atoms with Gasteiger partial charge >= 0.3 is 6.03 Å². The Bertz CT molecular complexity index is 628. The summed E-state index contributed by atoms with van der Waals surface area (Å²) in [5, 5.41) is 5.71. The summed E-state index contributed by atoms with van der Waals surface area (Å²) in [5.74, 6) is 1.43. The number of benzene rings is 1. The molecule has 2 rings (SSSR count). The van der Waals surface area contributed by atoms with E-state index in [4.69, 9.17) is 9.47 Å². The van der Waals surface area contributed by atoms with Crippen LogP contribution in [0.25, 0.3) is 0 Å². The molecule has 0 saturated carbocycles. The van der Waals surface area contributed by atoms with Gasteiger partial charge in [-0.1, -0.05) is 0 Å². The van der Waals surface area contributed by atoms with Crippen molar-refractivity contribution >= 4 is 6.03 Å². The summed E-state index contributed by atoms with van der Waals surface area (Å²) in [4.78, 5) is 16.0. The molecule has 0 saturated heterocycles. The topological polar surface area (TPSA) is 77.4 Å². The third-order valence-electron chi connectivity index (χ3n) is 3.35. The number of rotatable bonds is 7. The van der Waals surface area contributed by atoms with Gasteiger partial charge in [0.1, 0.15) is 11.5 Å². The van der Waals surface area contributed by atoms with E-state index in [9.17, 15) is 4.79 Å². The third kappa shape index (κ3) is 4.91. The molecule has 23 heavy (non-hydrogen) atoms. The van der Waals surface area contributed by atoms with Gasteiger partial charge in [-0.05, 0) is 25.1 Å². The third-order valence-corrected chi connectivity index (χ3v) is 3.35. The van der Waals surface area contributed by atoms with Gasteiger partial charge in [-0.3, -0.25) is 0 Å². The number of urea groups is 1. The van der Waals surface area contributed by atoms with Crippen LogP contribution in [0.1, 0.15) is 12.5 Å². The molecule has 0 spiro atoms. The fourth-order valence-electron chi connectivity index (χ4n) is 2.23. The quantitative estimate of drug-likeness (QED) is 0.816. The molecule has 124 valence electrons. The van der Waals surface area contributed by atoms with E-state index in [1.54, 1.807) is 26.7 Å². The number of carbonyl (C=O) groups excluding carboxylic acids is 1. The number of nitrogens with zero attached hydrogens (tertiary/aromatic N) is 2. The first-order valence-electron chi connectivity index (χ1n) is 7.33. The molecule has 0 unspecified atom stereocenters. The highest BCUT2D eigenvalue weighted by atomic mass is 16.5. The monoisotopic (exact) mass is 318 g/mol. The molecule has 1 aromatic carbocycles. The normalized spacial score (nSPS) is 11.6. The van der Waals surface area contributed by atoms with Gasteiger partial charge in [0.05, 0.1) is 20.5 Å². The second-order valence-electron chi connectivity index (χ2n) is 5.17. The molecule has 7 heteroatoms. The van der Waals surface area contributed by atoms with E-state index in [0.29, 0.717) is 18.8 Å². The number of nitrogens with one attached hydrogen (secondary N) is 2. The number of amides is 2. The lowest BCUT2D eigenvalue weighted by Gasteiger charge is -2.16.